The van der Waals surface area contributed by atoms with Crippen LogP contribution < -0.4 is 5.73 Å². The molecule has 2 N–H and O–H groups in total. The first kappa shape index (κ1) is 13.8. The SMILES string of the molecule is CCC(CC)c1cc(C)c(C(C)=NC)c(N)c1. The van der Waals surface area contributed by atoms with Gasteiger partial charge in [0.05, 0.1) is 0 Å². The van der Waals surface area contributed by atoms with Crippen LogP contribution in [0.2, 0.25) is 0 Å². The van der Waals surface area contributed by atoms with E-state index in [0.29, 0.717) is 5.92 Å². The van der Waals surface area contributed by atoms with E-state index < -0.39 is 0 Å². The van der Waals surface area contributed by atoms with Gasteiger partial charge in [0, 0.05) is 24.0 Å². The average molecular weight is 232 g/mol. The summed E-state index contributed by atoms with van der Waals surface area (Å²) in [7, 11) is 1.81. The van der Waals surface area contributed by atoms with E-state index in [1.54, 1.807) is 0 Å². The third-order valence-corrected chi connectivity index (χ3v) is 3.54. The Bertz CT molecular complexity index is 392. The lowest BCUT2D eigenvalue weighted by Crippen LogP contribution is -2.07. The predicted octanol–water partition coefficient (Wildman–Crippen LogP) is 3.92. The Morgan fingerprint density at radius 3 is 2.29 bits per heavy atom. The Kier molecular flexibility index (Phi) is 4.73. The van der Waals surface area contributed by atoms with Crippen LogP contribution in [-0.4, -0.2) is 12.8 Å². The van der Waals surface area contributed by atoms with Crippen molar-refractivity contribution in [2.75, 3.05) is 12.8 Å². The maximum Gasteiger partial charge on any atom is 0.0411 e. The fraction of sp³-hybridized carbons (Fsp3) is 0.533. The molecular weight excluding hydrogens is 208 g/mol. The molecule has 0 unspecified atom stereocenters. The Labute approximate surface area is 105 Å². The minimum atomic E-state index is 0.615. The molecule has 0 aliphatic heterocycles. The molecule has 1 aromatic rings. The van der Waals surface area contributed by atoms with Crippen LogP contribution in [0.25, 0.3) is 0 Å². The molecule has 0 saturated heterocycles. The van der Waals surface area contributed by atoms with Crippen molar-refractivity contribution in [3.05, 3.63) is 28.8 Å². The fourth-order valence-corrected chi connectivity index (χ4v) is 2.45. The van der Waals surface area contributed by atoms with Gasteiger partial charge < -0.3 is 5.73 Å². The lowest BCUT2D eigenvalue weighted by molar-refractivity contribution is 0.641. The normalized spacial score (nSPS) is 12.2. The zero-order chi connectivity index (χ0) is 13.0. The van der Waals surface area contributed by atoms with Crippen molar-refractivity contribution < 1.29 is 0 Å². The molecule has 0 amide bonds. The Balaban J connectivity index is 3.27. The smallest absolute Gasteiger partial charge is 0.0411 e. The minimum absolute atomic E-state index is 0.615. The molecule has 0 bridgehead atoms. The van der Waals surface area contributed by atoms with Crippen LogP contribution in [-0.2, 0) is 0 Å². The largest absolute Gasteiger partial charge is 0.398 e. The first-order chi connectivity index (χ1) is 8.04. The summed E-state index contributed by atoms with van der Waals surface area (Å²) < 4.78 is 0. The zero-order valence-corrected chi connectivity index (χ0v) is 11.7. The van der Waals surface area contributed by atoms with Crippen molar-refractivity contribution in [1.82, 2.24) is 0 Å². The van der Waals surface area contributed by atoms with Gasteiger partial charge in [0.15, 0.2) is 0 Å². The maximum atomic E-state index is 6.17. The molecular formula is C15H24N2. The molecule has 0 spiro atoms. The molecule has 0 saturated carbocycles. The summed E-state index contributed by atoms with van der Waals surface area (Å²) in [4.78, 5) is 4.23. The van der Waals surface area contributed by atoms with Crippen molar-refractivity contribution in [3.8, 4) is 0 Å². The van der Waals surface area contributed by atoms with Crippen molar-refractivity contribution in [3.63, 3.8) is 0 Å². The topological polar surface area (TPSA) is 38.4 Å². The Morgan fingerprint density at radius 2 is 1.88 bits per heavy atom. The van der Waals surface area contributed by atoms with Crippen LogP contribution in [0.15, 0.2) is 17.1 Å². The van der Waals surface area contributed by atoms with Gasteiger partial charge in [-0.05, 0) is 49.8 Å². The molecule has 1 aromatic carbocycles. The van der Waals surface area contributed by atoms with E-state index >= 15 is 0 Å². The standard InChI is InChI=1S/C15H24N2/c1-6-12(7-2)13-8-10(3)15(11(4)17-5)14(16)9-13/h8-9,12H,6-7,16H2,1-5H3. The van der Waals surface area contributed by atoms with Gasteiger partial charge in [-0.3, -0.25) is 4.99 Å². The van der Waals surface area contributed by atoms with Gasteiger partial charge in [-0.2, -0.15) is 0 Å². The molecule has 2 nitrogen and oxygen atoms in total. The summed E-state index contributed by atoms with van der Waals surface area (Å²) in [5.41, 5.74) is 11.7. The number of nitrogens with zero attached hydrogens (tertiary/aromatic N) is 1. The highest BCUT2D eigenvalue weighted by atomic mass is 14.7. The molecule has 94 valence electrons. The lowest BCUT2D eigenvalue weighted by Gasteiger charge is -2.17. The fourth-order valence-electron chi connectivity index (χ4n) is 2.45. The van der Waals surface area contributed by atoms with Crippen molar-refractivity contribution in [2.45, 2.75) is 46.5 Å². The van der Waals surface area contributed by atoms with Gasteiger partial charge in [-0.15, -0.1) is 0 Å². The van der Waals surface area contributed by atoms with E-state index in [1.165, 1.54) is 11.1 Å². The van der Waals surface area contributed by atoms with Crippen LogP contribution in [0.5, 0.6) is 0 Å². The number of nitrogen functional groups attached to an aromatic ring is 1. The van der Waals surface area contributed by atoms with Crippen LogP contribution in [0.1, 0.15) is 56.2 Å². The molecule has 2 heteroatoms. The molecule has 0 heterocycles. The summed E-state index contributed by atoms with van der Waals surface area (Å²) in [6.07, 6.45) is 2.32. The molecule has 0 aliphatic carbocycles. The van der Waals surface area contributed by atoms with Crippen molar-refractivity contribution in [1.29, 1.82) is 0 Å². The summed E-state index contributed by atoms with van der Waals surface area (Å²) in [5, 5.41) is 0. The van der Waals surface area contributed by atoms with Gasteiger partial charge in [0.2, 0.25) is 0 Å². The van der Waals surface area contributed by atoms with Gasteiger partial charge in [-0.25, -0.2) is 0 Å². The molecule has 0 atom stereocenters. The van der Waals surface area contributed by atoms with Crippen molar-refractivity contribution in [2.24, 2.45) is 4.99 Å². The average Bonchev–Trinajstić information content (AvgIpc) is 2.29. The highest BCUT2D eigenvalue weighted by Gasteiger charge is 2.12. The van der Waals surface area contributed by atoms with Gasteiger partial charge >= 0.3 is 0 Å². The molecule has 1 rings (SSSR count). The van der Waals surface area contributed by atoms with E-state index in [9.17, 15) is 0 Å². The van der Waals surface area contributed by atoms with E-state index in [2.05, 4.69) is 37.9 Å². The monoisotopic (exact) mass is 232 g/mol. The predicted molar refractivity (Wildman–Crippen MR) is 77.0 cm³/mol. The summed E-state index contributed by atoms with van der Waals surface area (Å²) in [6, 6.07) is 4.38. The highest BCUT2D eigenvalue weighted by molar-refractivity contribution is 6.04. The number of rotatable bonds is 4. The van der Waals surface area contributed by atoms with E-state index in [1.807, 2.05) is 14.0 Å². The second kappa shape index (κ2) is 5.85. The lowest BCUT2D eigenvalue weighted by atomic mass is 9.89. The zero-order valence-electron chi connectivity index (χ0n) is 11.7. The maximum absolute atomic E-state index is 6.17. The molecule has 0 aliphatic rings. The number of hydrogen-bond donors (Lipinski definition) is 1. The third-order valence-electron chi connectivity index (χ3n) is 3.54. The summed E-state index contributed by atoms with van der Waals surface area (Å²) in [5.74, 6) is 0.615. The molecule has 0 radical (unpaired) electrons. The van der Waals surface area contributed by atoms with Crippen molar-refractivity contribution >= 4 is 11.4 Å². The number of benzene rings is 1. The summed E-state index contributed by atoms with van der Waals surface area (Å²) >= 11 is 0. The Morgan fingerprint density at radius 1 is 1.29 bits per heavy atom. The van der Waals surface area contributed by atoms with Crippen LogP contribution in [0.3, 0.4) is 0 Å². The molecule has 0 fully saturated rings. The highest BCUT2D eigenvalue weighted by Crippen LogP contribution is 2.28. The van der Waals surface area contributed by atoms with Crippen LogP contribution in [0.4, 0.5) is 5.69 Å². The first-order valence-electron chi connectivity index (χ1n) is 6.38. The Hall–Kier alpha value is -1.31. The molecule has 0 aromatic heterocycles. The first-order valence-corrected chi connectivity index (χ1v) is 6.38. The second-order valence-electron chi connectivity index (χ2n) is 4.62. The van der Waals surface area contributed by atoms with Gasteiger partial charge in [0.25, 0.3) is 0 Å². The number of hydrogen-bond acceptors (Lipinski definition) is 2. The number of aryl methyl sites for hydroxylation is 1. The van der Waals surface area contributed by atoms with E-state index in [4.69, 9.17) is 5.73 Å². The van der Waals surface area contributed by atoms with Crippen LogP contribution >= 0.6 is 0 Å². The second-order valence-corrected chi connectivity index (χ2v) is 4.62. The summed E-state index contributed by atoms with van der Waals surface area (Å²) in [6.45, 7) is 8.58. The van der Waals surface area contributed by atoms with Gasteiger partial charge in [-0.1, -0.05) is 19.9 Å². The van der Waals surface area contributed by atoms with Gasteiger partial charge in [0.1, 0.15) is 0 Å². The number of anilines is 1. The van der Waals surface area contributed by atoms with E-state index in [-0.39, 0.29) is 0 Å². The van der Waals surface area contributed by atoms with E-state index in [0.717, 1.165) is 29.8 Å². The third kappa shape index (κ3) is 2.87. The molecule has 17 heavy (non-hydrogen) atoms. The van der Waals surface area contributed by atoms with Crippen LogP contribution in [0, 0.1) is 6.92 Å². The minimum Gasteiger partial charge on any atom is -0.398 e. The number of nitrogens with two attached hydrogens (primary N) is 1. The quantitative estimate of drug-likeness (QED) is 0.620. The number of aliphatic imine (C=N–C) groups is 1.